The Morgan fingerprint density at radius 2 is 1.76 bits per heavy atom. The zero-order valence-corrected chi connectivity index (χ0v) is 34.8. The number of aliphatic imine (C=N–C) groups is 1. The molecule has 59 heavy (non-hydrogen) atoms. The zero-order chi connectivity index (χ0) is 43.1. The summed E-state index contributed by atoms with van der Waals surface area (Å²) in [5.41, 5.74) is 5.55. The second kappa shape index (κ2) is 19.2. The van der Waals surface area contributed by atoms with Crippen LogP contribution in [0.2, 0.25) is 0 Å². The molecule has 1 saturated carbocycles. The number of hydrogen-bond acceptors (Lipinski definition) is 14. The predicted octanol–water partition coefficient (Wildman–Crippen LogP) is 4.40. The molecule has 17 nitrogen and oxygen atoms in total. The number of carbonyl (C=O) groups excluding carboxylic acids is 5. The summed E-state index contributed by atoms with van der Waals surface area (Å²) in [6, 6.07) is 3.26. The highest BCUT2D eigenvalue weighted by molar-refractivity contribution is 6.44. The Morgan fingerprint density at radius 3 is 2.39 bits per heavy atom. The van der Waals surface area contributed by atoms with E-state index in [1.165, 1.54) is 27.0 Å². The van der Waals surface area contributed by atoms with Crippen molar-refractivity contribution in [2.45, 2.75) is 109 Å². The molecule has 2 heterocycles. The van der Waals surface area contributed by atoms with E-state index in [4.69, 9.17) is 38.9 Å². The maximum Gasteiger partial charge on any atom is 0.511 e. The number of nitrogens with two attached hydrogens (primary N) is 1. The van der Waals surface area contributed by atoms with Crippen molar-refractivity contribution in [2.24, 2.45) is 22.6 Å². The summed E-state index contributed by atoms with van der Waals surface area (Å²) in [6.45, 7) is 15.0. The lowest BCUT2D eigenvalue weighted by molar-refractivity contribution is -0.174. The number of rotatable bonds is 15. The maximum atomic E-state index is 14.6. The molecule has 1 saturated heterocycles. The number of ether oxygens (including phenoxy) is 7. The third-order valence-electron chi connectivity index (χ3n) is 10.9. The van der Waals surface area contributed by atoms with Gasteiger partial charge in [0.15, 0.2) is 11.6 Å². The van der Waals surface area contributed by atoms with Gasteiger partial charge >= 0.3 is 18.2 Å². The normalized spacial score (nSPS) is 25.3. The number of alkyl carbamates (subject to hydrolysis) is 1. The molecule has 5 unspecified atom stereocenters. The number of amides is 3. The molecule has 1 aromatic carbocycles. The van der Waals surface area contributed by atoms with Gasteiger partial charge in [-0.05, 0) is 94.6 Å². The van der Waals surface area contributed by atoms with Crippen molar-refractivity contribution in [1.82, 2.24) is 16.0 Å². The van der Waals surface area contributed by atoms with Crippen molar-refractivity contribution < 1.29 is 57.1 Å². The van der Waals surface area contributed by atoms with Crippen LogP contribution in [-0.4, -0.2) is 105 Å². The van der Waals surface area contributed by atoms with Gasteiger partial charge in [-0.3, -0.25) is 14.6 Å². The van der Waals surface area contributed by atoms with E-state index in [0.29, 0.717) is 42.2 Å². The minimum Gasteiger partial charge on any atom is -0.496 e. The lowest BCUT2D eigenvalue weighted by Crippen LogP contribution is -2.54. The van der Waals surface area contributed by atoms with Crippen molar-refractivity contribution >= 4 is 41.8 Å². The summed E-state index contributed by atoms with van der Waals surface area (Å²) in [5.74, 6) is -2.25. The van der Waals surface area contributed by atoms with Crippen LogP contribution >= 0.6 is 0 Å². The van der Waals surface area contributed by atoms with E-state index in [2.05, 4.69) is 27.5 Å². The third-order valence-corrected chi connectivity index (χ3v) is 10.9. The zero-order valence-electron chi connectivity index (χ0n) is 34.8. The largest absolute Gasteiger partial charge is 0.511 e. The first-order valence-electron chi connectivity index (χ1n) is 19.8. The van der Waals surface area contributed by atoms with E-state index in [1.807, 2.05) is 19.9 Å². The first kappa shape index (κ1) is 44.8. The van der Waals surface area contributed by atoms with Crippen LogP contribution < -0.4 is 26.4 Å². The second-order valence-electron chi connectivity index (χ2n) is 16.0. The van der Waals surface area contributed by atoms with Gasteiger partial charge in [-0.1, -0.05) is 31.7 Å². The van der Waals surface area contributed by atoms with E-state index >= 15 is 0 Å². The lowest BCUT2D eigenvalue weighted by atomic mass is 9.74. The van der Waals surface area contributed by atoms with Gasteiger partial charge in [0.1, 0.15) is 24.4 Å². The first-order valence-corrected chi connectivity index (χ1v) is 19.8. The van der Waals surface area contributed by atoms with Gasteiger partial charge in [0.05, 0.1) is 26.4 Å². The van der Waals surface area contributed by atoms with E-state index < -0.39 is 71.7 Å². The van der Waals surface area contributed by atoms with Crippen LogP contribution in [0.4, 0.5) is 9.59 Å². The number of nitrogens with one attached hydrogen (secondary N) is 3. The highest BCUT2D eigenvalue weighted by Crippen LogP contribution is 2.42. The van der Waals surface area contributed by atoms with E-state index in [0.717, 1.165) is 18.4 Å². The number of benzene rings is 1. The van der Waals surface area contributed by atoms with Crippen molar-refractivity contribution in [1.29, 1.82) is 0 Å². The molecule has 4 aliphatic rings. The summed E-state index contributed by atoms with van der Waals surface area (Å²) < 4.78 is 37.3. The number of methoxy groups -OCH3 is 1. The Bertz CT molecular complexity index is 1870. The summed E-state index contributed by atoms with van der Waals surface area (Å²) in [5, 5.41) is 8.77. The van der Waals surface area contributed by atoms with Crippen molar-refractivity contribution in [3.8, 4) is 5.75 Å². The predicted molar refractivity (Wildman–Crippen MR) is 215 cm³/mol. The summed E-state index contributed by atoms with van der Waals surface area (Å²) in [6.07, 6.45) is 4.46. The fourth-order valence-corrected chi connectivity index (χ4v) is 7.04. The Labute approximate surface area is 344 Å². The van der Waals surface area contributed by atoms with Gasteiger partial charge in [-0.2, -0.15) is 0 Å². The Balaban J connectivity index is 1.42. The van der Waals surface area contributed by atoms with E-state index in [-0.39, 0.29) is 37.2 Å². The van der Waals surface area contributed by atoms with Crippen molar-refractivity contribution in [3.63, 3.8) is 0 Å². The molecule has 0 bridgehead atoms. The van der Waals surface area contributed by atoms with Gasteiger partial charge < -0.3 is 54.8 Å². The monoisotopic (exact) mass is 823 g/mol. The van der Waals surface area contributed by atoms with Crippen LogP contribution in [0, 0.1) is 11.8 Å². The first-order chi connectivity index (χ1) is 28.0. The van der Waals surface area contributed by atoms with E-state index in [9.17, 15) is 24.0 Å². The average Bonchev–Trinajstić information content (AvgIpc) is 4.02. The fourth-order valence-electron chi connectivity index (χ4n) is 7.04. The van der Waals surface area contributed by atoms with Crippen molar-refractivity contribution in [2.75, 3.05) is 33.7 Å². The highest BCUT2D eigenvalue weighted by atomic mass is 16.8. The van der Waals surface area contributed by atoms with Crippen LogP contribution in [0.1, 0.15) is 94.6 Å². The van der Waals surface area contributed by atoms with Crippen LogP contribution in [0.5, 0.6) is 5.75 Å². The summed E-state index contributed by atoms with van der Waals surface area (Å²) in [7, 11) is 1.47. The molecule has 17 heteroatoms. The van der Waals surface area contributed by atoms with Gasteiger partial charge in [0.25, 0.3) is 11.8 Å². The molecular weight excluding hydrogens is 766 g/mol. The third kappa shape index (κ3) is 11.3. The van der Waals surface area contributed by atoms with Gasteiger partial charge in [0, 0.05) is 36.1 Å². The van der Waals surface area contributed by atoms with Crippen LogP contribution in [0.25, 0.3) is 6.08 Å². The summed E-state index contributed by atoms with van der Waals surface area (Å²) >= 11 is 0. The Morgan fingerprint density at radius 1 is 1.05 bits per heavy atom. The van der Waals surface area contributed by atoms with Crippen LogP contribution in [0.15, 0.2) is 47.5 Å². The maximum absolute atomic E-state index is 14.6. The fraction of sp³-hybridized carbons (Fsp3) is 0.571. The molecule has 2 aliphatic heterocycles. The minimum atomic E-state index is -1.85. The van der Waals surface area contributed by atoms with E-state index in [1.54, 1.807) is 38.1 Å². The molecular formula is C42H57N5O12. The van der Waals surface area contributed by atoms with Gasteiger partial charge in [-0.15, -0.1) is 0 Å². The number of nitrogens with zero attached hydrogens (tertiary/aromatic N) is 1. The Kier molecular flexibility index (Phi) is 14.6. The molecule has 0 radical (unpaired) electrons. The molecule has 2 fully saturated rings. The Hall–Kier alpha value is -5.26. The minimum absolute atomic E-state index is 0.0149. The SMILES string of the molecule is C=Cc1cc(C(=O)N[C@]2(C)CC=C(C(N)NC(=O)OC3COCOC3)CC2C)c(C2C=CC(C(=O)NCC3CC3)=NC2(C)C(=O)OC(C)OC(=O)OC(C)C)cc1OC. The molecule has 5 N–H and O–H groups in total. The standard InChI is InChI=1S/C42H57N5O12/c1-9-27-17-31(36(48)47-41(6)15-14-28(16-24(41)4)35(43)45-39(51)59-29-20-54-22-55-21-29)30(18-34(27)53-8)32-12-13-33(37(49)44-19-26-10-11-26)46-42(32,7)38(50)57-25(5)58-40(52)56-23(2)3/h9,12-14,17-18,23-26,29,32,35H,1,10-11,15-16,19-22,43H2,2-8H3,(H,44,49)(H,45,51)(H,47,48)/t24?,25?,32?,35?,41-,42?/m1/s1. The number of esters is 1. The van der Waals surface area contributed by atoms with Crippen LogP contribution in [-0.2, 0) is 38.0 Å². The number of carbonyl (C=O) groups is 5. The molecule has 0 spiro atoms. The molecule has 6 atom stereocenters. The number of dihydropyridines is 1. The molecule has 3 amide bonds. The average molecular weight is 824 g/mol. The molecule has 0 aromatic heterocycles. The van der Waals surface area contributed by atoms with Gasteiger partial charge in [-0.25, -0.2) is 14.4 Å². The summed E-state index contributed by atoms with van der Waals surface area (Å²) in [4.78, 5) is 71.7. The molecule has 1 aromatic rings. The molecule has 5 rings (SSSR count). The van der Waals surface area contributed by atoms with Crippen LogP contribution in [0.3, 0.4) is 0 Å². The van der Waals surface area contributed by atoms with Crippen molar-refractivity contribution in [3.05, 3.63) is 59.2 Å². The quantitative estimate of drug-likeness (QED) is 0.0835. The highest BCUT2D eigenvalue weighted by Gasteiger charge is 2.48. The second-order valence-corrected chi connectivity index (χ2v) is 16.0. The molecule has 322 valence electrons. The van der Waals surface area contributed by atoms with Gasteiger partial charge in [0.2, 0.25) is 6.29 Å². The lowest BCUT2D eigenvalue weighted by Gasteiger charge is -2.41. The molecule has 2 aliphatic carbocycles. The smallest absolute Gasteiger partial charge is 0.496 e. The topological polar surface area (TPSA) is 224 Å². The number of hydrogen-bond donors (Lipinski definition) is 4.